The van der Waals surface area contributed by atoms with Crippen LogP contribution in [0.4, 0.5) is 5.69 Å². The van der Waals surface area contributed by atoms with Crippen LogP contribution in [0.5, 0.6) is 0 Å². The first-order valence-electron chi connectivity index (χ1n) is 8.87. The fourth-order valence-electron chi connectivity index (χ4n) is 3.29. The van der Waals surface area contributed by atoms with Gasteiger partial charge in [-0.25, -0.2) is 0 Å². The van der Waals surface area contributed by atoms with Gasteiger partial charge in [0.25, 0.3) is 0 Å². The van der Waals surface area contributed by atoms with Gasteiger partial charge >= 0.3 is 0 Å². The molecule has 1 aromatic heterocycles. The second kappa shape index (κ2) is 7.63. The van der Waals surface area contributed by atoms with Crippen LogP contribution in [0.3, 0.4) is 0 Å². The minimum Gasteiger partial charge on any atom is -0.396 e. The minimum atomic E-state index is 0.244. The number of aryl methyl sites for hydroxylation is 2. The number of rotatable bonds is 5. The number of fused-ring (bicyclic) bond motifs is 1. The van der Waals surface area contributed by atoms with Crippen LogP contribution in [-0.2, 0) is 6.54 Å². The van der Waals surface area contributed by atoms with Gasteiger partial charge in [-0.05, 0) is 30.2 Å². The number of aliphatic hydroxyl groups excluding tert-OH is 1. The van der Waals surface area contributed by atoms with Crippen molar-refractivity contribution in [3.05, 3.63) is 58.4 Å². The Kier molecular flexibility index (Phi) is 5.50. The van der Waals surface area contributed by atoms with Gasteiger partial charge in [0.05, 0.1) is 17.3 Å². The lowest BCUT2D eigenvalue weighted by molar-refractivity contribution is -0.714. The summed E-state index contributed by atoms with van der Waals surface area (Å²) in [6, 6.07) is 13.0. The van der Waals surface area contributed by atoms with Crippen molar-refractivity contribution in [3.63, 3.8) is 0 Å². The summed E-state index contributed by atoms with van der Waals surface area (Å²) in [6.45, 7) is 7.56. The van der Waals surface area contributed by atoms with E-state index in [0.717, 1.165) is 13.0 Å². The molecule has 2 heterocycles. The Morgan fingerprint density at radius 2 is 1.88 bits per heavy atom. The Hall–Kier alpha value is -1.78. The number of hydrogen-bond donors (Lipinski definition) is 1. The third kappa shape index (κ3) is 3.75. The summed E-state index contributed by atoms with van der Waals surface area (Å²) in [7, 11) is 2.13. The van der Waals surface area contributed by atoms with E-state index in [4.69, 9.17) is 0 Å². The lowest BCUT2D eigenvalue weighted by Gasteiger charge is -2.14. The number of aliphatic hydroxyl groups is 1. The van der Waals surface area contributed by atoms with E-state index in [1.165, 1.54) is 32.6 Å². The first-order valence-corrected chi connectivity index (χ1v) is 9.69. The van der Waals surface area contributed by atoms with Crippen LogP contribution >= 0.6 is 11.8 Å². The fraction of sp³-hybridized carbons (Fsp3) is 0.381. The Balaban J connectivity index is 1.88. The number of para-hydroxylation sites is 1. The van der Waals surface area contributed by atoms with Gasteiger partial charge in [0.1, 0.15) is 0 Å². The summed E-state index contributed by atoms with van der Waals surface area (Å²) in [4.78, 5) is 3.56. The lowest BCUT2D eigenvalue weighted by atomic mass is 10.1. The predicted octanol–water partition coefficient (Wildman–Crippen LogP) is 4.15. The molecule has 4 heteroatoms. The van der Waals surface area contributed by atoms with Gasteiger partial charge in [0.15, 0.2) is 17.9 Å². The molecule has 0 saturated heterocycles. The normalized spacial score (nSPS) is 16.4. The van der Waals surface area contributed by atoms with Crippen molar-refractivity contribution < 1.29 is 9.67 Å². The van der Waals surface area contributed by atoms with E-state index in [2.05, 4.69) is 79.8 Å². The van der Waals surface area contributed by atoms with Crippen LogP contribution in [0.15, 0.2) is 46.3 Å². The van der Waals surface area contributed by atoms with Crippen LogP contribution in [0.2, 0.25) is 0 Å². The maximum absolute atomic E-state index is 9.50. The largest absolute Gasteiger partial charge is 0.396 e. The third-order valence-corrected chi connectivity index (χ3v) is 6.11. The molecule has 1 aromatic carbocycles. The zero-order valence-corrected chi connectivity index (χ0v) is 16.3. The van der Waals surface area contributed by atoms with Gasteiger partial charge in [-0.2, -0.15) is 4.57 Å². The molecule has 1 atom stereocenters. The fourth-order valence-corrected chi connectivity index (χ4v) is 4.40. The molecule has 132 valence electrons. The first-order chi connectivity index (χ1) is 12.0. The van der Waals surface area contributed by atoms with Gasteiger partial charge in [0.2, 0.25) is 0 Å². The Morgan fingerprint density at radius 1 is 1.20 bits per heavy atom. The Labute approximate surface area is 155 Å². The van der Waals surface area contributed by atoms with E-state index in [-0.39, 0.29) is 6.61 Å². The van der Waals surface area contributed by atoms with Crippen molar-refractivity contribution in [2.24, 2.45) is 5.92 Å². The molecule has 1 aliphatic rings. The third-order valence-electron chi connectivity index (χ3n) is 4.94. The summed E-state index contributed by atoms with van der Waals surface area (Å²) in [5, 5.41) is 10.7. The molecule has 0 radical (unpaired) electrons. The average Bonchev–Trinajstić information content (AvgIpc) is 2.91. The van der Waals surface area contributed by atoms with Crippen molar-refractivity contribution in [1.29, 1.82) is 0 Å². The van der Waals surface area contributed by atoms with Crippen molar-refractivity contribution in [2.75, 3.05) is 18.6 Å². The molecule has 0 saturated carbocycles. The summed E-state index contributed by atoms with van der Waals surface area (Å²) >= 11 is 1.82. The molecule has 2 aromatic rings. The molecule has 1 unspecified atom stereocenters. The predicted molar refractivity (Wildman–Crippen MR) is 106 cm³/mol. The number of hydrogen-bond acceptors (Lipinski definition) is 3. The maximum Gasteiger partial charge on any atom is 0.179 e. The van der Waals surface area contributed by atoms with E-state index in [1.807, 2.05) is 11.8 Å². The van der Waals surface area contributed by atoms with E-state index in [9.17, 15) is 5.11 Å². The quantitative estimate of drug-likeness (QED) is 0.817. The zero-order chi connectivity index (χ0) is 18.0. The molecule has 0 amide bonds. The minimum absolute atomic E-state index is 0.244. The van der Waals surface area contributed by atoms with E-state index in [1.54, 1.807) is 0 Å². The summed E-state index contributed by atoms with van der Waals surface area (Å²) in [6.07, 6.45) is 3.26. The molecule has 3 nitrogen and oxygen atoms in total. The molecular weight excluding hydrogens is 328 g/mol. The molecule has 0 aliphatic carbocycles. The van der Waals surface area contributed by atoms with Gasteiger partial charge in [0, 0.05) is 43.8 Å². The first kappa shape index (κ1) is 18.0. The zero-order valence-electron chi connectivity index (χ0n) is 15.5. The highest BCUT2D eigenvalue weighted by Gasteiger charge is 2.22. The highest BCUT2D eigenvalue weighted by molar-refractivity contribution is 8.03. The highest BCUT2D eigenvalue weighted by Crippen LogP contribution is 2.45. The van der Waals surface area contributed by atoms with E-state index < -0.39 is 0 Å². The van der Waals surface area contributed by atoms with Crippen LogP contribution in [0.25, 0.3) is 6.08 Å². The van der Waals surface area contributed by atoms with Gasteiger partial charge in [-0.1, -0.05) is 30.8 Å². The monoisotopic (exact) mass is 355 g/mol. The van der Waals surface area contributed by atoms with Crippen molar-refractivity contribution in [2.45, 2.75) is 38.6 Å². The SMILES string of the molecule is CCC(CO)C[n+]1c(C)cc(/C=C2\Sc3ccccc3N2C)cc1C. The standard InChI is InChI=1S/C21H27N2OS/c1-5-17(14-24)13-23-15(2)10-18(11-16(23)3)12-21-22(4)19-8-6-7-9-20(19)25-21/h6-12,17,24H,5,13-14H2,1-4H3/q+1. The lowest BCUT2D eigenvalue weighted by Crippen LogP contribution is -2.44. The summed E-state index contributed by atoms with van der Waals surface area (Å²) < 4.78 is 2.31. The van der Waals surface area contributed by atoms with Crippen LogP contribution in [0, 0.1) is 19.8 Å². The highest BCUT2D eigenvalue weighted by atomic mass is 32.2. The molecule has 25 heavy (non-hydrogen) atoms. The average molecular weight is 356 g/mol. The van der Waals surface area contributed by atoms with E-state index in [0.29, 0.717) is 5.92 Å². The van der Waals surface area contributed by atoms with Gasteiger partial charge < -0.3 is 10.0 Å². The second-order valence-corrected chi connectivity index (χ2v) is 7.81. The Bertz CT molecular complexity index is 773. The summed E-state index contributed by atoms with van der Waals surface area (Å²) in [5.74, 6) is 0.317. The number of anilines is 1. The van der Waals surface area contributed by atoms with Crippen molar-refractivity contribution in [1.82, 2.24) is 0 Å². The van der Waals surface area contributed by atoms with Crippen molar-refractivity contribution in [3.8, 4) is 0 Å². The van der Waals surface area contributed by atoms with Gasteiger partial charge in [-0.15, -0.1) is 0 Å². The van der Waals surface area contributed by atoms with Crippen molar-refractivity contribution >= 4 is 23.5 Å². The number of aromatic nitrogens is 1. The number of pyridine rings is 1. The molecule has 1 N–H and O–H groups in total. The Morgan fingerprint density at radius 3 is 2.48 bits per heavy atom. The maximum atomic E-state index is 9.50. The molecule has 0 bridgehead atoms. The van der Waals surface area contributed by atoms with Gasteiger partial charge in [-0.3, -0.25) is 0 Å². The number of benzene rings is 1. The van der Waals surface area contributed by atoms with Crippen LogP contribution < -0.4 is 9.47 Å². The number of thioether (sulfide) groups is 1. The molecule has 0 spiro atoms. The second-order valence-electron chi connectivity index (χ2n) is 6.75. The van der Waals surface area contributed by atoms with Crippen LogP contribution in [0.1, 0.15) is 30.3 Å². The molecular formula is C21H27N2OS+. The molecule has 3 rings (SSSR count). The molecule has 0 fully saturated rings. The van der Waals surface area contributed by atoms with E-state index >= 15 is 0 Å². The smallest absolute Gasteiger partial charge is 0.179 e. The topological polar surface area (TPSA) is 27.4 Å². The number of nitrogens with zero attached hydrogens (tertiary/aromatic N) is 2. The summed E-state index contributed by atoms with van der Waals surface area (Å²) in [5.41, 5.74) is 4.97. The molecule has 1 aliphatic heterocycles. The van der Waals surface area contributed by atoms with Crippen LogP contribution in [-0.4, -0.2) is 18.8 Å².